The van der Waals surface area contributed by atoms with Crippen LogP contribution in [-0.4, -0.2) is 0 Å². The monoisotopic (exact) mass is 338 g/mol. The third-order valence-electron chi connectivity index (χ3n) is 5.53. The summed E-state index contributed by atoms with van der Waals surface area (Å²) >= 11 is 0. The maximum Gasteiger partial charge on any atom is 0.0452 e. The van der Waals surface area contributed by atoms with Crippen LogP contribution in [-0.2, 0) is 10.8 Å². The second-order valence-electron chi connectivity index (χ2n) is 8.36. The van der Waals surface area contributed by atoms with Gasteiger partial charge in [-0.1, -0.05) is 117 Å². The van der Waals surface area contributed by atoms with Crippen LogP contribution in [0.5, 0.6) is 0 Å². The summed E-state index contributed by atoms with van der Waals surface area (Å²) < 4.78 is 0. The van der Waals surface area contributed by atoms with Gasteiger partial charge in [-0.3, -0.25) is 0 Å². The molecule has 0 heterocycles. The number of allylic oxidation sites excluding steroid dienone is 1. The lowest BCUT2D eigenvalue weighted by molar-refractivity contribution is 0.590. The molecule has 0 aromatic heterocycles. The fourth-order valence-corrected chi connectivity index (χ4v) is 3.88. The predicted octanol–water partition coefficient (Wildman–Crippen LogP) is 6.76. The van der Waals surface area contributed by atoms with E-state index in [2.05, 4.69) is 112 Å². The molecule has 130 valence electrons. The molecular formula is C26H26. The van der Waals surface area contributed by atoms with Gasteiger partial charge in [-0.15, -0.1) is 0 Å². The first kappa shape index (κ1) is 16.8. The fraction of sp³-hybridized carbons (Fsp3) is 0.231. The Kier molecular flexibility index (Phi) is 4.07. The van der Waals surface area contributed by atoms with Gasteiger partial charge in [0.25, 0.3) is 0 Å². The Hall–Kier alpha value is -2.60. The molecular weight excluding hydrogens is 312 g/mol. The first-order chi connectivity index (χ1) is 12.5. The van der Waals surface area contributed by atoms with Crippen LogP contribution < -0.4 is 0 Å². The average molecular weight is 338 g/mol. The Morgan fingerprint density at radius 2 is 1.19 bits per heavy atom. The molecule has 1 saturated carbocycles. The molecule has 0 amide bonds. The van der Waals surface area contributed by atoms with Gasteiger partial charge in [0.15, 0.2) is 0 Å². The van der Waals surface area contributed by atoms with E-state index in [-0.39, 0.29) is 10.8 Å². The Bertz CT molecular complexity index is 868. The Labute approximate surface area is 157 Å². The van der Waals surface area contributed by atoms with Crippen molar-refractivity contribution in [3.05, 3.63) is 113 Å². The lowest BCUT2D eigenvalue weighted by atomic mass is 9.86. The summed E-state index contributed by atoms with van der Waals surface area (Å²) in [7, 11) is 0. The molecule has 0 saturated heterocycles. The molecule has 0 N–H and O–H groups in total. The summed E-state index contributed by atoms with van der Waals surface area (Å²) in [5, 5.41) is 0. The second kappa shape index (κ2) is 6.29. The van der Waals surface area contributed by atoms with E-state index in [1.807, 2.05) is 0 Å². The molecule has 1 aliphatic rings. The molecule has 26 heavy (non-hydrogen) atoms. The minimum absolute atomic E-state index is 0.0468. The summed E-state index contributed by atoms with van der Waals surface area (Å²) in [6.45, 7) is 6.78. The highest BCUT2D eigenvalue weighted by Gasteiger charge is 2.51. The van der Waals surface area contributed by atoms with E-state index in [9.17, 15) is 0 Å². The van der Waals surface area contributed by atoms with Crippen molar-refractivity contribution in [2.75, 3.05) is 0 Å². The van der Waals surface area contributed by atoms with Crippen molar-refractivity contribution in [1.29, 1.82) is 0 Å². The van der Waals surface area contributed by atoms with Gasteiger partial charge in [-0.05, 0) is 34.1 Å². The van der Waals surface area contributed by atoms with E-state index in [4.69, 9.17) is 0 Å². The van der Waals surface area contributed by atoms with Crippen LogP contribution in [0, 0.1) is 0 Å². The van der Waals surface area contributed by atoms with E-state index in [1.165, 1.54) is 27.8 Å². The molecule has 4 rings (SSSR count). The minimum Gasteiger partial charge on any atom is -0.0622 e. The summed E-state index contributed by atoms with van der Waals surface area (Å²) in [4.78, 5) is 0. The number of hydrogen-bond donors (Lipinski definition) is 0. The van der Waals surface area contributed by atoms with Gasteiger partial charge in [0.05, 0.1) is 0 Å². The molecule has 0 heteroatoms. The van der Waals surface area contributed by atoms with Gasteiger partial charge in [0.2, 0.25) is 0 Å². The second-order valence-corrected chi connectivity index (χ2v) is 8.36. The molecule has 1 aliphatic carbocycles. The van der Waals surface area contributed by atoms with Crippen molar-refractivity contribution in [2.24, 2.45) is 0 Å². The standard InChI is InChI=1S/C26H26/c1-25(2,3)21-16-14-20(15-17-21)18-24-19-26(24,22-10-6-4-7-11-22)23-12-8-5-9-13-23/h4-18H,19H2,1-3H3. The van der Waals surface area contributed by atoms with E-state index < -0.39 is 0 Å². The topological polar surface area (TPSA) is 0 Å². The largest absolute Gasteiger partial charge is 0.0622 e. The van der Waals surface area contributed by atoms with Crippen LogP contribution in [0.15, 0.2) is 90.5 Å². The maximum absolute atomic E-state index is 2.38. The summed E-state index contributed by atoms with van der Waals surface area (Å²) in [5.41, 5.74) is 7.20. The SMILES string of the molecule is CC(C)(C)c1ccc(C=C2CC2(c2ccccc2)c2ccccc2)cc1. The Balaban J connectivity index is 1.72. The number of benzene rings is 3. The highest BCUT2D eigenvalue weighted by molar-refractivity contribution is 5.70. The van der Waals surface area contributed by atoms with Gasteiger partial charge in [-0.25, -0.2) is 0 Å². The van der Waals surface area contributed by atoms with Crippen molar-refractivity contribution in [3.63, 3.8) is 0 Å². The Morgan fingerprint density at radius 3 is 1.65 bits per heavy atom. The molecule has 0 bridgehead atoms. The highest BCUT2D eigenvalue weighted by Crippen LogP contribution is 2.59. The minimum atomic E-state index is 0.0468. The molecule has 3 aromatic carbocycles. The number of rotatable bonds is 3. The summed E-state index contributed by atoms with van der Waals surface area (Å²) in [6, 6.07) is 30.9. The van der Waals surface area contributed by atoms with Crippen molar-refractivity contribution in [1.82, 2.24) is 0 Å². The van der Waals surface area contributed by atoms with Crippen LogP contribution in [0.1, 0.15) is 49.4 Å². The van der Waals surface area contributed by atoms with Crippen molar-refractivity contribution < 1.29 is 0 Å². The molecule has 0 atom stereocenters. The molecule has 0 unspecified atom stereocenters. The Morgan fingerprint density at radius 1 is 0.692 bits per heavy atom. The van der Waals surface area contributed by atoms with Gasteiger partial charge in [0, 0.05) is 5.41 Å². The third kappa shape index (κ3) is 3.01. The van der Waals surface area contributed by atoms with Crippen LogP contribution in [0.2, 0.25) is 0 Å². The molecule has 3 aromatic rings. The van der Waals surface area contributed by atoms with E-state index in [0.717, 1.165) is 6.42 Å². The first-order valence-corrected chi connectivity index (χ1v) is 9.43. The zero-order valence-electron chi connectivity index (χ0n) is 15.9. The maximum atomic E-state index is 2.38. The normalized spacial score (nSPS) is 17.3. The lowest BCUT2D eigenvalue weighted by Gasteiger charge is -2.19. The molecule has 0 aliphatic heterocycles. The van der Waals surface area contributed by atoms with E-state index in [0.29, 0.717) is 0 Å². The van der Waals surface area contributed by atoms with Crippen molar-refractivity contribution >= 4 is 6.08 Å². The zero-order valence-corrected chi connectivity index (χ0v) is 15.9. The highest BCUT2D eigenvalue weighted by atomic mass is 14.5. The van der Waals surface area contributed by atoms with Crippen molar-refractivity contribution in [2.45, 2.75) is 38.0 Å². The summed E-state index contributed by atoms with van der Waals surface area (Å²) in [6.07, 6.45) is 3.48. The van der Waals surface area contributed by atoms with Crippen LogP contribution >= 0.6 is 0 Å². The first-order valence-electron chi connectivity index (χ1n) is 9.43. The molecule has 0 spiro atoms. The zero-order chi connectivity index (χ0) is 18.2. The molecule has 0 nitrogen and oxygen atoms in total. The van der Waals surface area contributed by atoms with Gasteiger partial charge < -0.3 is 0 Å². The molecule has 0 radical (unpaired) electrons. The van der Waals surface area contributed by atoms with Gasteiger partial charge in [-0.2, -0.15) is 0 Å². The lowest BCUT2D eigenvalue weighted by Crippen LogP contribution is -2.10. The van der Waals surface area contributed by atoms with Crippen molar-refractivity contribution in [3.8, 4) is 0 Å². The van der Waals surface area contributed by atoms with E-state index >= 15 is 0 Å². The quantitative estimate of drug-likeness (QED) is 0.495. The average Bonchev–Trinajstić information content (AvgIpc) is 3.38. The molecule has 1 fully saturated rings. The fourth-order valence-electron chi connectivity index (χ4n) is 3.88. The third-order valence-corrected chi connectivity index (χ3v) is 5.53. The number of hydrogen-bond acceptors (Lipinski definition) is 0. The van der Waals surface area contributed by atoms with Gasteiger partial charge >= 0.3 is 0 Å². The van der Waals surface area contributed by atoms with Crippen LogP contribution in [0.25, 0.3) is 6.08 Å². The smallest absolute Gasteiger partial charge is 0.0452 e. The van der Waals surface area contributed by atoms with E-state index in [1.54, 1.807) is 0 Å². The van der Waals surface area contributed by atoms with Crippen LogP contribution in [0.3, 0.4) is 0 Å². The van der Waals surface area contributed by atoms with Crippen LogP contribution in [0.4, 0.5) is 0 Å². The predicted molar refractivity (Wildman–Crippen MR) is 111 cm³/mol. The summed E-state index contributed by atoms with van der Waals surface area (Å²) in [5.74, 6) is 0. The van der Waals surface area contributed by atoms with Gasteiger partial charge in [0.1, 0.15) is 0 Å².